The smallest absolute Gasteiger partial charge is 0.333 e. The van der Waals surface area contributed by atoms with E-state index >= 15 is 0 Å². The predicted octanol–water partition coefficient (Wildman–Crippen LogP) is 4.49. The second-order valence-electron chi connectivity index (χ2n) is 25.5. The van der Waals surface area contributed by atoms with Gasteiger partial charge in [-0.25, -0.2) is 9.59 Å². The van der Waals surface area contributed by atoms with Gasteiger partial charge in [0.2, 0.25) is 0 Å². The predicted molar refractivity (Wildman–Crippen MR) is 303 cm³/mol. The minimum atomic E-state index is -2.16. The van der Waals surface area contributed by atoms with E-state index in [-0.39, 0.29) is 38.5 Å². The van der Waals surface area contributed by atoms with Crippen LogP contribution in [0.3, 0.4) is 0 Å². The van der Waals surface area contributed by atoms with Crippen LogP contribution < -0.4 is 0 Å². The quantitative estimate of drug-likeness (QED) is 0.0671. The standard InChI is InChI=1S/C63H94O22/c1-14-33(2)56(67)80-38(7)61(69)26-27-63(71)59(61,9)45(82-46(64)21-20-39-18-16-15-17-19-39)31-44-58(8)23-22-40(32-60(58,68)24-25-62(44,63)70)81-47-28-41(72-10)52(35(4)76-47)83-48-29-42(73-11)53(36(5)77-48)84-49-30-43(74-12)54(37(6)78-49)85-57-51(66)55(75-13)50(65)34(3)79-57/h14-21,24-25,34-38,40-45,47-55,57,65-66,68-71H,22-23,26-32H2,1-13H3/b21-20+,33-14+/t34-,35-,36-,37-,38?,40+,41+,42+,43-,44-,45?,47+,48+,49+,50-,51-,52-,53-,54-,55+,57+,58-,59-,60-,61-,62+,63-/m1/s1. The summed E-state index contributed by atoms with van der Waals surface area (Å²) in [6.07, 6.45) is -6.27. The van der Waals surface area contributed by atoms with Gasteiger partial charge in [-0.3, -0.25) is 0 Å². The molecule has 0 radical (unpaired) electrons. The lowest BCUT2D eigenvalue weighted by atomic mass is 9.41. The maximum Gasteiger partial charge on any atom is 0.333 e. The number of rotatable bonds is 18. The summed E-state index contributed by atoms with van der Waals surface area (Å²) in [4.78, 5) is 27.1. The van der Waals surface area contributed by atoms with Crippen LogP contribution in [-0.4, -0.2) is 216 Å². The van der Waals surface area contributed by atoms with E-state index in [0.29, 0.717) is 24.8 Å². The molecule has 0 aromatic heterocycles. The van der Waals surface area contributed by atoms with Gasteiger partial charge >= 0.3 is 11.9 Å². The molecule has 85 heavy (non-hydrogen) atoms. The van der Waals surface area contributed by atoms with Crippen molar-refractivity contribution in [3.8, 4) is 0 Å². The summed E-state index contributed by atoms with van der Waals surface area (Å²) in [5.74, 6) is -2.31. The molecule has 7 fully saturated rings. The third-order valence-corrected chi connectivity index (χ3v) is 21.1. The Hall–Kier alpha value is -3.34. The van der Waals surface area contributed by atoms with Gasteiger partial charge in [0.05, 0.1) is 59.8 Å². The van der Waals surface area contributed by atoms with Crippen molar-refractivity contribution >= 4 is 18.0 Å². The maximum absolute atomic E-state index is 13.9. The number of ether oxygens (including phenoxy) is 14. The maximum atomic E-state index is 13.9. The second-order valence-corrected chi connectivity index (χ2v) is 25.5. The molecule has 478 valence electrons. The number of carbonyl (C=O) groups is 2. The molecule has 4 heterocycles. The Morgan fingerprint density at radius 1 is 0.671 bits per heavy atom. The fourth-order valence-corrected chi connectivity index (χ4v) is 15.6. The van der Waals surface area contributed by atoms with Gasteiger partial charge in [-0.2, -0.15) is 0 Å². The summed E-state index contributed by atoms with van der Waals surface area (Å²) in [5.41, 5.74) is -9.67. The molecular weight excluding hydrogens is 1110 g/mol. The Bertz CT molecular complexity index is 2550. The molecular formula is C63H94O22. The van der Waals surface area contributed by atoms with Crippen LogP contribution in [0.25, 0.3) is 6.08 Å². The Kier molecular flexibility index (Phi) is 20.1. The first-order valence-corrected chi connectivity index (χ1v) is 30.3. The van der Waals surface area contributed by atoms with Crippen molar-refractivity contribution in [3.63, 3.8) is 0 Å². The Balaban J connectivity index is 0.843. The van der Waals surface area contributed by atoms with Crippen LogP contribution in [0.15, 0.2) is 60.2 Å². The summed E-state index contributed by atoms with van der Waals surface area (Å²) in [6.45, 7) is 15.6. The molecule has 27 atom stereocenters. The van der Waals surface area contributed by atoms with E-state index in [1.165, 1.54) is 19.3 Å². The molecule has 1 aromatic rings. The number of carbonyl (C=O) groups excluding carboxylic acids is 2. The summed E-state index contributed by atoms with van der Waals surface area (Å²) in [7, 11) is 6.17. The molecule has 4 aliphatic heterocycles. The molecule has 0 bridgehead atoms. The number of benzene rings is 1. The Morgan fingerprint density at radius 3 is 1.76 bits per heavy atom. The average Bonchev–Trinajstić information content (AvgIpc) is 1.63. The average molecular weight is 1200 g/mol. The van der Waals surface area contributed by atoms with Crippen LogP contribution in [0.2, 0.25) is 0 Å². The molecule has 6 N–H and O–H groups in total. The molecule has 1 aromatic carbocycles. The lowest BCUT2D eigenvalue weighted by Gasteiger charge is -2.68. The molecule has 0 spiro atoms. The lowest BCUT2D eigenvalue weighted by Crippen LogP contribution is -2.80. The van der Waals surface area contributed by atoms with Crippen molar-refractivity contribution in [3.05, 3.63) is 65.8 Å². The van der Waals surface area contributed by atoms with Crippen LogP contribution in [0.4, 0.5) is 0 Å². The number of hydrogen-bond donors (Lipinski definition) is 6. The summed E-state index contributed by atoms with van der Waals surface area (Å²) in [6, 6.07) is 9.19. The SMILES string of the molecule is C/C=C(\C)C(=O)OC(C)[C@]1(O)CC[C@@]2(O)[C@]1(C)C(OC(=O)/C=C/c1ccccc1)C[C@H]1[C@@]2(O)C=C[C@@]2(O)C[C@@H](O[C@H]3C[C@H](OC)[C@H](O[C@H]4C[C@H](OC)[C@H](O[C@H]5C[C@@H](OC)[C@H](O[C@@H]6O[C@H](C)[C@@H](O)[C@H](OC)[C@H]6O)[C@@H](C)O5)[C@@H](C)O4)[C@@H](C)O3)CC[C@]12C. The van der Waals surface area contributed by atoms with Gasteiger partial charge in [0.25, 0.3) is 0 Å². The van der Waals surface area contributed by atoms with Crippen molar-refractivity contribution < 1.29 is 107 Å². The first-order valence-electron chi connectivity index (χ1n) is 30.3. The fraction of sp³-hybridized carbons (Fsp3) is 0.778. The normalized spacial score (nSPS) is 47.8. The Labute approximate surface area is 499 Å². The third kappa shape index (κ3) is 11.9. The highest BCUT2D eigenvalue weighted by Crippen LogP contribution is 2.72. The van der Waals surface area contributed by atoms with Crippen LogP contribution in [0, 0.1) is 16.7 Å². The van der Waals surface area contributed by atoms with Crippen molar-refractivity contribution in [1.29, 1.82) is 0 Å². The minimum Gasteiger partial charge on any atom is -0.458 e. The third-order valence-electron chi connectivity index (χ3n) is 21.1. The molecule has 22 nitrogen and oxygen atoms in total. The van der Waals surface area contributed by atoms with Gasteiger partial charge in [0, 0.05) is 77.1 Å². The van der Waals surface area contributed by atoms with Crippen molar-refractivity contribution in [1.82, 2.24) is 0 Å². The molecule has 9 rings (SSSR count). The summed E-state index contributed by atoms with van der Waals surface area (Å²) < 4.78 is 87.0. The topological polar surface area (TPSA) is 285 Å². The number of methoxy groups -OCH3 is 4. The highest BCUT2D eigenvalue weighted by molar-refractivity contribution is 5.88. The summed E-state index contributed by atoms with van der Waals surface area (Å²) >= 11 is 0. The zero-order valence-electron chi connectivity index (χ0n) is 51.5. The van der Waals surface area contributed by atoms with Crippen molar-refractivity contribution in [2.45, 2.75) is 265 Å². The van der Waals surface area contributed by atoms with Crippen LogP contribution >= 0.6 is 0 Å². The zero-order valence-corrected chi connectivity index (χ0v) is 51.5. The number of fused-ring (bicyclic) bond motifs is 5. The van der Waals surface area contributed by atoms with Gasteiger partial charge in [-0.15, -0.1) is 0 Å². The fourth-order valence-electron chi connectivity index (χ4n) is 15.6. The molecule has 4 aliphatic carbocycles. The van der Waals surface area contributed by atoms with Crippen molar-refractivity contribution in [2.75, 3.05) is 28.4 Å². The zero-order chi connectivity index (χ0) is 61.8. The number of esters is 2. The molecule has 22 heteroatoms. The number of allylic oxidation sites excluding steroid dienone is 1. The van der Waals surface area contributed by atoms with E-state index in [2.05, 4.69) is 0 Å². The highest BCUT2D eigenvalue weighted by Gasteiger charge is 2.82. The number of hydrogen-bond acceptors (Lipinski definition) is 22. The van der Waals surface area contributed by atoms with E-state index in [4.69, 9.17) is 66.3 Å². The second kappa shape index (κ2) is 25.9. The van der Waals surface area contributed by atoms with Crippen molar-refractivity contribution in [2.24, 2.45) is 16.7 Å². The minimum absolute atomic E-state index is 0.0680. The van der Waals surface area contributed by atoms with Gasteiger partial charge in [-0.1, -0.05) is 62.4 Å². The first-order chi connectivity index (χ1) is 40.2. The monoisotopic (exact) mass is 1200 g/mol. The number of aliphatic hydroxyl groups is 6. The van der Waals surface area contributed by atoms with E-state index in [1.54, 1.807) is 74.2 Å². The molecule has 3 saturated carbocycles. The van der Waals surface area contributed by atoms with E-state index in [9.17, 15) is 40.2 Å². The molecule has 4 saturated heterocycles. The van der Waals surface area contributed by atoms with Crippen LogP contribution in [0.1, 0.15) is 126 Å². The van der Waals surface area contributed by atoms with Gasteiger partial charge in [0.15, 0.2) is 25.2 Å². The molecule has 0 amide bonds. The first kappa shape index (κ1) is 66.1. The van der Waals surface area contributed by atoms with E-state index in [1.807, 2.05) is 58.0 Å². The molecule has 2 unspecified atom stereocenters. The Morgan fingerprint density at radius 2 is 1.22 bits per heavy atom. The lowest BCUT2D eigenvalue weighted by molar-refractivity contribution is -0.356. The van der Waals surface area contributed by atoms with Crippen LogP contribution in [0.5, 0.6) is 0 Å². The largest absolute Gasteiger partial charge is 0.458 e. The van der Waals surface area contributed by atoms with E-state index in [0.717, 1.165) is 5.56 Å². The van der Waals surface area contributed by atoms with Gasteiger partial charge in [0.1, 0.15) is 65.6 Å². The van der Waals surface area contributed by atoms with E-state index < -0.39 is 174 Å². The number of aliphatic hydroxyl groups excluding tert-OH is 2. The van der Waals surface area contributed by atoms with Gasteiger partial charge < -0.3 is 97.0 Å². The highest BCUT2D eigenvalue weighted by atomic mass is 16.8. The molecule has 8 aliphatic rings. The van der Waals surface area contributed by atoms with Gasteiger partial charge in [-0.05, 0) is 92.2 Å². The van der Waals surface area contributed by atoms with Crippen LogP contribution in [-0.2, 0) is 75.9 Å². The summed E-state index contributed by atoms with van der Waals surface area (Å²) in [5, 5.41) is 73.9.